The van der Waals surface area contributed by atoms with Gasteiger partial charge in [-0.2, -0.15) is 5.10 Å². The van der Waals surface area contributed by atoms with Crippen molar-refractivity contribution in [3.63, 3.8) is 0 Å². The van der Waals surface area contributed by atoms with Crippen molar-refractivity contribution in [2.45, 2.75) is 17.6 Å². The summed E-state index contributed by atoms with van der Waals surface area (Å²) in [5.41, 5.74) is 1.87. The third kappa shape index (κ3) is 4.21. The van der Waals surface area contributed by atoms with Crippen LogP contribution in [0.4, 0.5) is 4.39 Å². The number of carbonyl (C=O) groups excluding carboxylic acids is 1. The predicted molar refractivity (Wildman–Crippen MR) is 124 cm³/mol. The Bertz CT molecular complexity index is 1510. The Labute approximate surface area is 200 Å². The normalized spacial score (nSPS) is 16.2. The van der Waals surface area contributed by atoms with Gasteiger partial charge >= 0.3 is 0 Å². The molecule has 0 aliphatic carbocycles. The molecule has 0 spiro atoms. The number of carbonyl (C=O) groups is 1. The molecule has 3 heterocycles. The monoisotopic (exact) mass is 493 g/mol. The van der Waals surface area contributed by atoms with Gasteiger partial charge in [0.15, 0.2) is 4.91 Å². The highest BCUT2D eigenvalue weighted by atomic mass is 32.2. The summed E-state index contributed by atoms with van der Waals surface area (Å²) in [6, 6.07) is 17.4. The molecule has 2 aromatic heterocycles. The van der Waals surface area contributed by atoms with Crippen LogP contribution >= 0.6 is 0 Å². The SMILES string of the molecule is CN1C=C(S(=O)(=O)c2ccccc2)C(=O)NC1c1cc(-c2ccon2)n(Cc2ccccc2F)n1. The van der Waals surface area contributed by atoms with Gasteiger partial charge in [-0.1, -0.05) is 41.6 Å². The minimum absolute atomic E-state index is 0.0238. The van der Waals surface area contributed by atoms with E-state index in [1.54, 1.807) is 65.2 Å². The predicted octanol–water partition coefficient (Wildman–Crippen LogP) is 3.10. The lowest BCUT2D eigenvalue weighted by molar-refractivity contribution is -0.119. The highest BCUT2D eigenvalue weighted by Crippen LogP contribution is 2.30. The van der Waals surface area contributed by atoms with Crippen LogP contribution in [0.3, 0.4) is 0 Å². The van der Waals surface area contributed by atoms with Gasteiger partial charge in [-0.25, -0.2) is 12.8 Å². The van der Waals surface area contributed by atoms with Crippen molar-refractivity contribution in [2.75, 3.05) is 7.05 Å². The molecule has 0 saturated heterocycles. The van der Waals surface area contributed by atoms with E-state index in [1.807, 2.05) is 0 Å². The average Bonchev–Trinajstić information content (AvgIpc) is 3.52. The third-order valence-corrected chi connectivity index (χ3v) is 7.38. The first-order valence-corrected chi connectivity index (χ1v) is 12.1. The third-order valence-electron chi connectivity index (χ3n) is 5.62. The van der Waals surface area contributed by atoms with Crippen molar-refractivity contribution in [1.29, 1.82) is 0 Å². The maximum Gasteiger partial charge on any atom is 0.266 e. The van der Waals surface area contributed by atoms with Gasteiger partial charge in [0.2, 0.25) is 9.84 Å². The van der Waals surface area contributed by atoms with Crippen molar-refractivity contribution in [1.82, 2.24) is 25.2 Å². The lowest BCUT2D eigenvalue weighted by Gasteiger charge is -2.31. The molecule has 11 heteroatoms. The fourth-order valence-electron chi connectivity index (χ4n) is 3.85. The van der Waals surface area contributed by atoms with Gasteiger partial charge in [-0.3, -0.25) is 9.48 Å². The van der Waals surface area contributed by atoms with Crippen LogP contribution in [0.1, 0.15) is 17.4 Å². The van der Waals surface area contributed by atoms with Crippen molar-refractivity contribution in [3.05, 3.63) is 101 Å². The minimum atomic E-state index is -4.02. The molecule has 178 valence electrons. The van der Waals surface area contributed by atoms with E-state index >= 15 is 0 Å². The maximum absolute atomic E-state index is 14.3. The summed E-state index contributed by atoms with van der Waals surface area (Å²) in [4.78, 5) is 14.1. The Kier molecular flexibility index (Phi) is 5.69. The molecular formula is C24H20FN5O4S. The quantitative estimate of drug-likeness (QED) is 0.439. The summed E-state index contributed by atoms with van der Waals surface area (Å²) in [5.74, 6) is -1.12. The first-order valence-electron chi connectivity index (χ1n) is 10.6. The molecular weight excluding hydrogens is 473 g/mol. The first-order chi connectivity index (χ1) is 16.8. The molecule has 9 nitrogen and oxygen atoms in total. The number of amides is 1. The number of nitrogens with zero attached hydrogens (tertiary/aromatic N) is 4. The number of benzene rings is 2. The molecule has 1 unspecified atom stereocenters. The Hall–Kier alpha value is -4.25. The van der Waals surface area contributed by atoms with Crippen LogP contribution in [0.5, 0.6) is 0 Å². The largest absolute Gasteiger partial charge is 0.364 e. The topological polar surface area (TPSA) is 110 Å². The van der Waals surface area contributed by atoms with E-state index in [1.165, 1.54) is 30.7 Å². The van der Waals surface area contributed by atoms with Crippen molar-refractivity contribution < 1.29 is 22.1 Å². The van der Waals surface area contributed by atoms with Crippen LogP contribution in [0.15, 0.2) is 93.5 Å². The molecule has 35 heavy (non-hydrogen) atoms. The van der Waals surface area contributed by atoms with E-state index in [4.69, 9.17) is 4.52 Å². The zero-order valence-electron chi connectivity index (χ0n) is 18.5. The fraction of sp³-hybridized carbons (Fsp3) is 0.125. The van der Waals surface area contributed by atoms with Crippen LogP contribution in [0.25, 0.3) is 11.4 Å². The fourth-order valence-corrected chi connectivity index (χ4v) is 5.22. The van der Waals surface area contributed by atoms with Gasteiger partial charge < -0.3 is 14.7 Å². The molecule has 0 radical (unpaired) electrons. The van der Waals surface area contributed by atoms with Gasteiger partial charge in [-0.15, -0.1) is 0 Å². The van der Waals surface area contributed by atoms with Crippen molar-refractivity contribution in [3.8, 4) is 11.4 Å². The molecule has 0 saturated carbocycles. The Morgan fingerprint density at radius 2 is 1.83 bits per heavy atom. The zero-order chi connectivity index (χ0) is 24.6. The second-order valence-corrected chi connectivity index (χ2v) is 9.86. The molecule has 1 N–H and O–H groups in total. The number of hydrogen-bond donors (Lipinski definition) is 1. The molecule has 1 atom stereocenters. The number of aromatic nitrogens is 3. The zero-order valence-corrected chi connectivity index (χ0v) is 19.3. The molecule has 1 aliphatic heterocycles. The number of rotatable bonds is 6. The summed E-state index contributed by atoms with van der Waals surface area (Å²) in [7, 11) is -2.38. The highest BCUT2D eigenvalue weighted by molar-refractivity contribution is 7.96. The maximum atomic E-state index is 14.3. The summed E-state index contributed by atoms with van der Waals surface area (Å²) >= 11 is 0. The average molecular weight is 494 g/mol. The second kappa shape index (κ2) is 8.84. The highest BCUT2D eigenvalue weighted by Gasteiger charge is 2.35. The van der Waals surface area contributed by atoms with Gasteiger partial charge in [0, 0.05) is 24.9 Å². The molecule has 5 rings (SSSR count). The van der Waals surface area contributed by atoms with E-state index in [0.29, 0.717) is 22.6 Å². The van der Waals surface area contributed by atoms with Crippen LogP contribution in [-0.2, 0) is 21.2 Å². The summed E-state index contributed by atoms with van der Waals surface area (Å²) < 4.78 is 46.8. The molecule has 2 aromatic carbocycles. The smallest absolute Gasteiger partial charge is 0.266 e. The van der Waals surface area contributed by atoms with Gasteiger partial charge in [0.05, 0.1) is 17.1 Å². The minimum Gasteiger partial charge on any atom is -0.364 e. The van der Waals surface area contributed by atoms with Gasteiger partial charge in [0.25, 0.3) is 5.91 Å². The standard InChI is InChI=1S/C24H20FN5O4S/c1-29-15-22(35(32,33)17-8-3-2-4-9-17)24(31)26-23(29)20-13-21(19-11-12-34-28-19)30(27-20)14-16-7-5-6-10-18(16)25/h2-13,15,23H,14H2,1H3,(H,26,31). The Morgan fingerprint density at radius 1 is 1.09 bits per heavy atom. The van der Waals surface area contributed by atoms with E-state index in [-0.39, 0.29) is 22.2 Å². The molecule has 0 bridgehead atoms. The van der Waals surface area contributed by atoms with Crippen molar-refractivity contribution >= 4 is 15.7 Å². The van der Waals surface area contributed by atoms with E-state index < -0.39 is 21.9 Å². The number of halogens is 1. The summed E-state index contributed by atoms with van der Waals surface area (Å²) in [6.45, 7) is 0.114. The van der Waals surface area contributed by atoms with Crippen LogP contribution < -0.4 is 5.32 Å². The summed E-state index contributed by atoms with van der Waals surface area (Å²) in [5, 5.41) is 11.3. The van der Waals surface area contributed by atoms with Crippen LogP contribution in [0, 0.1) is 5.82 Å². The number of nitrogens with one attached hydrogen (secondary N) is 1. The Balaban J connectivity index is 1.51. The lowest BCUT2D eigenvalue weighted by Crippen LogP contribution is -2.44. The van der Waals surface area contributed by atoms with E-state index in [9.17, 15) is 17.6 Å². The number of sulfone groups is 1. The number of hydrogen-bond acceptors (Lipinski definition) is 7. The molecule has 0 fully saturated rings. The van der Waals surface area contributed by atoms with E-state index in [0.717, 1.165) is 0 Å². The van der Waals surface area contributed by atoms with Crippen molar-refractivity contribution in [2.24, 2.45) is 0 Å². The first kappa shape index (κ1) is 22.5. The summed E-state index contributed by atoms with van der Waals surface area (Å²) in [6.07, 6.45) is 1.94. The van der Waals surface area contributed by atoms with Crippen LogP contribution in [-0.4, -0.2) is 41.2 Å². The van der Waals surface area contributed by atoms with Gasteiger partial charge in [-0.05, 0) is 24.3 Å². The molecule has 1 aliphatic rings. The lowest BCUT2D eigenvalue weighted by atomic mass is 10.2. The molecule has 1 amide bonds. The Morgan fingerprint density at radius 3 is 2.54 bits per heavy atom. The van der Waals surface area contributed by atoms with Gasteiger partial charge in [0.1, 0.15) is 29.6 Å². The second-order valence-electron chi connectivity index (χ2n) is 7.94. The van der Waals surface area contributed by atoms with Crippen LogP contribution in [0.2, 0.25) is 0 Å². The molecule has 4 aromatic rings. The van der Waals surface area contributed by atoms with E-state index in [2.05, 4.69) is 15.6 Å².